The fourth-order valence-corrected chi connectivity index (χ4v) is 1.36. The van der Waals surface area contributed by atoms with Crippen LogP contribution < -0.4 is 11.1 Å². The molecule has 0 amide bonds. The van der Waals surface area contributed by atoms with Crippen molar-refractivity contribution in [1.82, 2.24) is 9.36 Å². The summed E-state index contributed by atoms with van der Waals surface area (Å²) < 4.78 is 3.85. The molecular weight excluding hydrogens is 200 g/mol. The number of nitrogens with two attached hydrogens (primary N) is 1. The van der Waals surface area contributed by atoms with Crippen molar-refractivity contribution in [2.45, 2.75) is 38.8 Å². The molecule has 1 aromatic heterocycles. The molecule has 0 atom stereocenters. The fraction of sp³-hybridized carbons (Fsp3) is 0.750. The molecule has 1 aromatic rings. The predicted molar refractivity (Wildman–Crippen MR) is 58.3 cm³/mol. The van der Waals surface area contributed by atoms with Gasteiger partial charge >= 0.3 is 0 Å². The van der Waals surface area contributed by atoms with Gasteiger partial charge in [0.25, 0.3) is 0 Å². The van der Waals surface area contributed by atoms with E-state index >= 15 is 0 Å². The van der Waals surface area contributed by atoms with Crippen LogP contribution in [0.15, 0.2) is 0 Å². The first kappa shape index (κ1) is 11.2. The molecule has 5 nitrogen and oxygen atoms in total. The van der Waals surface area contributed by atoms with E-state index in [9.17, 15) is 5.11 Å². The summed E-state index contributed by atoms with van der Waals surface area (Å²) >= 11 is 1.18. The van der Waals surface area contributed by atoms with Crippen LogP contribution >= 0.6 is 11.5 Å². The second-order valence-electron chi connectivity index (χ2n) is 4.27. The van der Waals surface area contributed by atoms with Gasteiger partial charge in [0.15, 0.2) is 0 Å². The molecule has 0 aliphatic heterocycles. The molecule has 0 aliphatic rings. The Morgan fingerprint density at radius 3 is 2.29 bits per heavy atom. The average Bonchev–Trinajstić information content (AvgIpc) is 2.31. The monoisotopic (exact) mass is 216 g/mol. The van der Waals surface area contributed by atoms with Crippen molar-refractivity contribution in [2.75, 3.05) is 11.1 Å². The van der Waals surface area contributed by atoms with Gasteiger partial charge in [0.2, 0.25) is 11.1 Å². The van der Waals surface area contributed by atoms with Gasteiger partial charge in [-0.1, -0.05) is 0 Å². The summed E-state index contributed by atoms with van der Waals surface area (Å²) in [5.41, 5.74) is 4.05. The first-order chi connectivity index (χ1) is 6.22. The summed E-state index contributed by atoms with van der Waals surface area (Å²) in [4.78, 5) is 3.97. The van der Waals surface area contributed by atoms with E-state index in [0.717, 1.165) is 0 Å². The van der Waals surface area contributed by atoms with E-state index in [1.807, 2.05) is 13.8 Å². The number of nitrogens with one attached hydrogen (secondary N) is 1. The van der Waals surface area contributed by atoms with Crippen molar-refractivity contribution >= 4 is 22.6 Å². The zero-order valence-electron chi connectivity index (χ0n) is 8.83. The smallest absolute Gasteiger partial charge is 0.233 e. The van der Waals surface area contributed by atoms with Gasteiger partial charge in [0, 0.05) is 11.5 Å². The van der Waals surface area contributed by atoms with Crippen LogP contribution in [0.25, 0.3) is 0 Å². The lowest BCUT2D eigenvalue weighted by Gasteiger charge is -2.37. The van der Waals surface area contributed by atoms with Gasteiger partial charge in [-0.3, -0.25) is 0 Å². The third-order valence-corrected chi connectivity index (χ3v) is 3.04. The summed E-state index contributed by atoms with van der Waals surface area (Å²) in [6, 6.07) is 0. The van der Waals surface area contributed by atoms with Gasteiger partial charge in [-0.15, -0.1) is 0 Å². The van der Waals surface area contributed by atoms with Crippen LogP contribution in [0.1, 0.15) is 27.7 Å². The van der Waals surface area contributed by atoms with Crippen molar-refractivity contribution in [3.05, 3.63) is 0 Å². The van der Waals surface area contributed by atoms with Gasteiger partial charge in [-0.25, -0.2) is 0 Å². The van der Waals surface area contributed by atoms with Crippen LogP contribution in [0, 0.1) is 0 Å². The van der Waals surface area contributed by atoms with Crippen molar-refractivity contribution < 1.29 is 5.11 Å². The second-order valence-corrected chi connectivity index (χ2v) is 5.02. The van der Waals surface area contributed by atoms with E-state index in [1.54, 1.807) is 13.8 Å². The fourth-order valence-electron chi connectivity index (χ4n) is 0.706. The van der Waals surface area contributed by atoms with Crippen LogP contribution in [0.5, 0.6) is 0 Å². The normalized spacial score (nSPS) is 12.9. The third kappa shape index (κ3) is 2.33. The number of nitrogens with zero attached hydrogens (tertiary/aromatic N) is 2. The molecule has 80 valence electrons. The molecule has 1 heterocycles. The maximum Gasteiger partial charge on any atom is 0.233 e. The zero-order valence-corrected chi connectivity index (χ0v) is 9.64. The van der Waals surface area contributed by atoms with E-state index in [1.165, 1.54) is 11.5 Å². The number of aliphatic hydroxyl groups is 1. The molecular formula is C8H16N4OS. The Morgan fingerprint density at radius 2 is 1.93 bits per heavy atom. The van der Waals surface area contributed by atoms with Crippen LogP contribution in [0.4, 0.5) is 11.1 Å². The van der Waals surface area contributed by atoms with Gasteiger partial charge in [0.05, 0.1) is 11.1 Å². The van der Waals surface area contributed by atoms with E-state index in [4.69, 9.17) is 5.73 Å². The number of nitrogen functional groups attached to an aromatic ring is 1. The van der Waals surface area contributed by atoms with Gasteiger partial charge in [-0.2, -0.15) is 9.36 Å². The molecule has 0 radical (unpaired) electrons. The van der Waals surface area contributed by atoms with E-state index < -0.39 is 11.1 Å². The Hall–Kier alpha value is -0.880. The number of hydrogen-bond acceptors (Lipinski definition) is 6. The second kappa shape index (κ2) is 3.36. The maximum absolute atomic E-state index is 9.88. The Kier molecular flexibility index (Phi) is 2.69. The first-order valence-corrected chi connectivity index (χ1v) is 5.09. The predicted octanol–water partition coefficient (Wildman–Crippen LogP) is 1.08. The Morgan fingerprint density at radius 1 is 1.36 bits per heavy atom. The van der Waals surface area contributed by atoms with E-state index in [0.29, 0.717) is 5.13 Å². The number of aromatic nitrogens is 2. The Balaban J connectivity index is 2.78. The molecule has 0 aromatic carbocycles. The standard InChI is InChI=1S/C8H16N4OS/c1-7(2,8(3,4)13)11-6-10-5(9)12-14-6/h13H,1-4H3,(H3,9,10,11,12). The molecule has 0 unspecified atom stereocenters. The summed E-state index contributed by atoms with van der Waals surface area (Å²) in [5.74, 6) is 0.254. The molecule has 0 saturated carbocycles. The van der Waals surface area contributed by atoms with Crippen molar-refractivity contribution in [3.63, 3.8) is 0 Å². The lowest BCUT2D eigenvalue weighted by molar-refractivity contribution is 0.0240. The van der Waals surface area contributed by atoms with Gasteiger partial charge < -0.3 is 16.2 Å². The highest BCUT2D eigenvalue weighted by Crippen LogP contribution is 2.26. The third-order valence-electron chi connectivity index (χ3n) is 2.39. The molecule has 0 saturated heterocycles. The van der Waals surface area contributed by atoms with Crippen molar-refractivity contribution in [1.29, 1.82) is 0 Å². The molecule has 0 aliphatic carbocycles. The topological polar surface area (TPSA) is 84.1 Å². The minimum Gasteiger partial charge on any atom is -0.388 e. The van der Waals surface area contributed by atoms with Crippen LogP contribution in [0.3, 0.4) is 0 Å². The highest BCUT2D eigenvalue weighted by atomic mass is 32.1. The van der Waals surface area contributed by atoms with Crippen molar-refractivity contribution in [2.24, 2.45) is 0 Å². The summed E-state index contributed by atoms with van der Waals surface area (Å²) in [6.45, 7) is 7.27. The molecule has 0 fully saturated rings. The van der Waals surface area contributed by atoms with Gasteiger partial charge in [0.1, 0.15) is 0 Å². The van der Waals surface area contributed by atoms with Gasteiger partial charge in [-0.05, 0) is 27.7 Å². The molecule has 4 N–H and O–H groups in total. The molecule has 1 rings (SSSR count). The summed E-state index contributed by atoms with van der Waals surface area (Å²) in [5, 5.41) is 13.6. The Bertz CT molecular complexity index is 315. The largest absolute Gasteiger partial charge is 0.388 e. The highest BCUT2D eigenvalue weighted by Gasteiger charge is 2.35. The summed E-state index contributed by atoms with van der Waals surface area (Å²) in [7, 11) is 0. The first-order valence-electron chi connectivity index (χ1n) is 4.32. The van der Waals surface area contributed by atoms with E-state index in [2.05, 4.69) is 14.7 Å². The lowest BCUT2D eigenvalue weighted by atomic mass is 9.86. The quantitative estimate of drug-likeness (QED) is 0.704. The highest BCUT2D eigenvalue weighted by molar-refractivity contribution is 7.09. The molecule has 0 bridgehead atoms. The minimum atomic E-state index is -0.854. The SMILES string of the molecule is CC(C)(O)C(C)(C)Nc1nc(N)ns1. The Labute approximate surface area is 87.5 Å². The van der Waals surface area contributed by atoms with Crippen LogP contribution in [-0.2, 0) is 0 Å². The number of anilines is 2. The van der Waals surface area contributed by atoms with Crippen LogP contribution in [0.2, 0.25) is 0 Å². The number of rotatable bonds is 3. The molecule has 6 heteroatoms. The average molecular weight is 216 g/mol. The zero-order chi connectivity index (χ0) is 11.0. The minimum absolute atomic E-state index is 0.254. The van der Waals surface area contributed by atoms with E-state index in [-0.39, 0.29) is 5.95 Å². The van der Waals surface area contributed by atoms with Crippen LogP contribution in [-0.4, -0.2) is 25.6 Å². The maximum atomic E-state index is 9.88. The van der Waals surface area contributed by atoms with Crippen molar-refractivity contribution in [3.8, 4) is 0 Å². The summed E-state index contributed by atoms with van der Waals surface area (Å²) in [6.07, 6.45) is 0. The lowest BCUT2D eigenvalue weighted by Crippen LogP contribution is -2.51. The number of hydrogen-bond donors (Lipinski definition) is 3. The molecule has 14 heavy (non-hydrogen) atoms. The molecule has 0 spiro atoms.